The maximum Gasteiger partial charge on any atom is 0.252 e. The smallest absolute Gasteiger partial charge is 0.252 e. The summed E-state index contributed by atoms with van der Waals surface area (Å²) in [6.45, 7) is 0.767. The predicted molar refractivity (Wildman–Crippen MR) is 112 cm³/mol. The van der Waals surface area contributed by atoms with Crippen LogP contribution in [0.1, 0.15) is 16.1 Å². The van der Waals surface area contributed by atoms with Crippen LogP contribution in [0.3, 0.4) is 0 Å². The topological polar surface area (TPSA) is 59.8 Å². The molecule has 0 unspecified atom stereocenters. The molecule has 0 saturated carbocycles. The molecule has 0 fully saturated rings. The van der Waals surface area contributed by atoms with E-state index in [-0.39, 0.29) is 5.91 Å². The number of carbonyl (C=O) groups is 1. The Kier molecular flexibility index (Phi) is 5.39. The molecule has 140 valence electrons. The largest absolute Gasteiger partial charge is 0.355 e. The third kappa shape index (κ3) is 3.92. The normalized spacial score (nSPS) is 10.9. The average molecular weight is 388 g/mol. The van der Waals surface area contributed by atoms with Crippen molar-refractivity contribution in [1.82, 2.24) is 20.1 Å². The maximum absolute atomic E-state index is 12.1. The van der Waals surface area contributed by atoms with Gasteiger partial charge in [-0.3, -0.25) is 14.5 Å². The minimum absolute atomic E-state index is 0.0791. The van der Waals surface area contributed by atoms with Crippen LogP contribution in [-0.2, 0) is 13.0 Å². The van der Waals surface area contributed by atoms with Gasteiger partial charge in [-0.1, -0.05) is 36.0 Å². The van der Waals surface area contributed by atoms with Crippen LogP contribution in [0.25, 0.3) is 10.9 Å². The number of nitrogens with zero attached hydrogens (tertiary/aromatic N) is 3. The summed E-state index contributed by atoms with van der Waals surface area (Å²) in [5, 5.41) is 8.34. The molecule has 0 aliphatic heterocycles. The summed E-state index contributed by atoms with van der Waals surface area (Å²) in [7, 11) is 1.65. The molecule has 28 heavy (non-hydrogen) atoms. The van der Waals surface area contributed by atoms with Gasteiger partial charge >= 0.3 is 0 Å². The number of carbonyl (C=O) groups excluding carboxylic acids is 1. The van der Waals surface area contributed by atoms with Gasteiger partial charge in [0.05, 0.1) is 17.3 Å². The van der Waals surface area contributed by atoms with E-state index in [0.29, 0.717) is 5.56 Å². The van der Waals surface area contributed by atoms with Crippen molar-refractivity contribution in [1.29, 1.82) is 0 Å². The van der Waals surface area contributed by atoms with Gasteiger partial charge in [0.1, 0.15) is 0 Å². The Bertz CT molecular complexity index is 1110. The van der Waals surface area contributed by atoms with Gasteiger partial charge in [0.2, 0.25) is 0 Å². The number of hydrogen-bond acceptors (Lipinski definition) is 4. The van der Waals surface area contributed by atoms with E-state index in [0.717, 1.165) is 39.4 Å². The average Bonchev–Trinajstić information content (AvgIpc) is 3.15. The second-order valence-corrected chi connectivity index (χ2v) is 7.45. The third-order valence-electron chi connectivity index (χ3n) is 4.51. The van der Waals surface area contributed by atoms with E-state index in [9.17, 15) is 4.79 Å². The van der Waals surface area contributed by atoms with Crippen LogP contribution >= 0.6 is 11.8 Å². The van der Waals surface area contributed by atoms with Gasteiger partial charge in [-0.2, -0.15) is 5.10 Å². The van der Waals surface area contributed by atoms with Gasteiger partial charge < -0.3 is 5.32 Å². The summed E-state index contributed by atoms with van der Waals surface area (Å²) < 4.78 is 2.01. The fraction of sp³-hybridized carbons (Fsp3) is 0.136. The molecule has 1 N–H and O–H groups in total. The molecule has 1 amide bonds. The van der Waals surface area contributed by atoms with Gasteiger partial charge in [-0.15, -0.1) is 0 Å². The van der Waals surface area contributed by atoms with Gasteiger partial charge in [0, 0.05) is 47.1 Å². The summed E-state index contributed by atoms with van der Waals surface area (Å²) in [5.41, 5.74) is 2.81. The lowest BCUT2D eigenvalue weighted by Crippen LogP contribution is -2.18. The molecule has 0 saturated heterocycles. The lowest BCUT2D eigenvalue weighted by Gasteiger charge is -2.09. The summed E-state index contributed by atoms with van der Waals surface area (Å²) in [4.78, 5) is 18.5. The second kappa shape index (κ2) is 8.27. The first-order valence-corrected chi connectivity index (χ1v) is 9.90. The Morgan fingerprint density at radius 2 is 1.96 bits per heavy atom. The van der Waals surface area contributed by atoms with Crippen molar-refractivity contribution < 1.29 is 4.79 Å². The zero-order chi connectivity index (χ0) is 19.3. The number of rotatable bonds is 6. The van der Waals surface area contributed by atoms with Crippen molar-refractivity contribution in [3.8, 4) is 0 Å². The highest BCUT2D eigenvalue weighted by Gasteiger charge is 2.11. The van der Waals surface area contributed by atoms with Crippen LogP contribution < -0.4 is 5.32 Å². The standard InChI is InChI=1S/C22H20N4OS/c1-23-22(27)19-7-2-3-8-21(19)28-18-10-9-16-15-25-26(20(16)14-18)13-11-17-6-4-5-12-24-17/h2-10,12,14-15H,11,13H2,1H3,(H,23,27). The molecular formula is C22H20N4OS. The molecule has 0 bridgehead atoms. The third-order valence-corrected chi connectivity index (χ3v) is 5.57. The first-order chi connectivity index (χ1) is 13.7. The molecule has 2 aromatic heterocycles. The van der Waals surface area contributed by atoms with Crippen LogP contribution in [0.4, 0.5) is 0 Å². The van der Waals surface area contributed by atoms with E-state index in [2.05, 4.69) is 33.6 Å². The number of aryl methyl sites for hydroxylation is 2. The zero-order valence-electron chi connectivity index (χ0n) is 15.5. The van der Waals surface area contributed by atoms with Gasteiger partial charge in [-0.25, -0.2) is 0 Å². The van der Waals surface area contributed by atoms with Crippen molar-refractivity contribution in [3.05, 3.63) is 84.3 Å². The number of pyridine rings is 1. The minimum Gasteiger partial charge on any atom is -0.355 e. The van der Waals surface area contributed by atoms with Crippen molar-refractivity contribution in [2.75, 3.05) is 7.05 Å². The molecule has 0 atom stereocenters. The van der Waals surface area contributed by atoms with Crippen LogP contribution in [0.15, 0.2) is 82.8 Å². The highest BCUT2D eigenvalue weighted by Crippen LogP contribution is 2.32. The quantitative estimate of drug-likeness (QED) is 0.538. The van der Waals surface area contributed by atoms with E-state index >= 15 is 0 Å². The monoisotopic (exact) mass is 388 g/mol. The number of fused-ring (bicyclic) bond motifs is 1. The molecule has 4 aromatic rings. The lowest BCUT2D eigenvalue weighted by atomic mass is 10.2. The van der Waals surface area contributed by atoms with Gasteiger partial charge in [0.25, 0.3) is 5.91 Å². The summed E-state index contributed by atoms with van der Waals surface area (Å²) in [6.07, 6.45) is 4.53. The summed E-state index contributed by atoms with van der Waals surface area (Å²) in [5.74, 6) is -0.0791. The van der Waals surface area contributed by atoms with E-state index in [1.54, 1.807) is 18.8 Å². The number of nitrogens with one attached hydrogen (secondary N) is 1. The van der Waals surface area contributed by atoms with Gasteiger partial charge in [-0.05, 0) is 36.4 Å². The lowest BCUT2D eigenvalue weighted by molar-refractivity contribution is 0.0960. The summed E-state index contributed by atoms with van der Waals surface area (Å²) >= 11 is 1.59. The molecule has 2 heterocycles. The van der Waals surface area contributed by atoms with Crippen LogP contribution in [0.5, 0.6) is 0 Å². The summed E-state index contributed by atoms with van der Waals surface area (Å²) in [6, 6.07) is 19.9. The Hall–Kier alpha value is -3.12. The molecule has 5 nitrogen and oxygen atoms in total. The molecular weight excluding hydrogens is 368 g/mol. The Morgan fingerprint density at radius 1 is 1.11 bits per heavy atom. The van der Waals surface area contributed by atoms with Crippen molar-refractivity contribution >= 4 is 28.6 Å². The minimum atomic E-state index is -0.0791. The van der Waals surface area contributed by atoms with E-state index in [4.69, 9.17) is 0 Å². The molecule has 0 aliphatic rings. The molecule has 0 aliphatic carbocycles. The van der Waals surface area contributed by atoms with Crippen molar-refractivity contribution in [3.63, 3.8) is 0 Å². The van der Waals surface area contributed by atoms with Gasteiger partial charge in [0.15, 0.2) is 0 Å². The molecule has 2 aromatic carbocycles. The van der Waals surface area contributed by atoms with Crippen LogP contribution in [0, 0.1) is 0 Å². The number of benzene rings is 2. The molecule has 0 spiro atoms. The molecule has 0 radical (unpaired) electrons. The van der Waals surface area contributed by atoms with Crippen LogP contribution in [-0.4, -0.2) is 27.7 Å². The van der Waals surface area contributed by atoms with E-state index < -0.39 is 0 Å². The fourth-order valence-electron chi connectivity index (χ4n) is 3.06. The SMILES string of the molecule is CNC(=O)c1ccccc1Sc1ccc2cnn(CCc3ccccn3)c2c1. The number of hydrogen-bond donors (Lipinski definition) is 1. The zero-order valence-corrected chi connectivity index (χ0v) is 16.3. The van der Waals surface area contributed by atoms with E-state index in [1.807, 2.05) is 59.5 Å². The molecule has 4 rings (SSSR count). The van der Waals surface area contributed by atoms with Crippen LogP contribution in [0.2, 0.25) is 0 Å². The first-order valence-electron chi connectivity index (χ1n) is 9.09. The van der Waals surface area contributed by atoms with Crippen molar-refractivity contribution in [2.45, 2.75) is 22.8 Å². The molecule has 6 heteroatoms. The Morgan fingerprint density at radius 3 is 2.79 bits per heavy atom. The second-order valence-electron chi connectivity index (χ2n) is 6.34. The highest BCUT2D eigenvalue weighted by molar-refractivity contribution is 7.99. The highest BCUT2D eigenvalue weighted by atomic mass is 32.2. The Labute approximate surface area is 167 Å². The number of amides is 1. The maximum atomic E-state index is 12.1. The Balaban J connectivity index is 1.59. The van der Waals surface area contributed by atoms with Crippen molar-refractivity contribution in [2.24, 2.45) is 0 Å². The van der Waals surface area contributed by atoms with E-state index in [1.165, 1.54) is 0 Å². The fourth-order valence-corrected chi connectivity index (χ4v) is 4.04. The number of aromatic nitrogens is 3. The predicted octanol–water partition coefficient (Wildman–Crippen LogP) is 4.18. The first kappa shape index (κ1) is 18.3.